The molecule has 1 amide bonds. The zero-order valence-electron chi connectivity index (χ0n) is 11.4. The normalized spacial score (nSPS) is 12.9. The van der Waals surface area contributed by atoms with Gasteiger partial charge in [-0.25, -0.2) is 4.79 Å². The third-order valence-corrected chi connectivity index (χ3v) is 2.37. The molecule has 18 heavy (non-hydrogen) atoms. The van der Waals surface area contributed by atoms with Crippen molar-refractivity contribution in [1.29, 1.82) is 0 Å². The predicted octanol–water partition coefficient (Wildman–Crippen LogP) is 1.91. The van der Waals surface area contributed by atoms with Crippen molar-refractivity contribution in [2.24, 2.45) is 5.73 Å². The Morgan fingerprint density at radius 1 is 1.56 bits per heavy atom. The number of hydrogen-bond acceptors (Lipinski definition) is 4. The van der Waals surface area contributed by atoms with Gasteiger partial charge in [0.05, 0.1) is 6.04 Å². The molecule has 1 rings (SSSR count). The molecule has 3 N–H and O–H groups in total. The molecule has 1 aromatic rings. The first kappa shape index (κ1) is 14.4. The highest BCUT2D eigenvalue weighted by Crippen LogP contribution is 2.16. The summed E-state index contributed by atoms with van der Waals surface area (Å²) in [5.41, 5.74) is 7.12. The van der Waals surface area contributed by atoms with Crippen molar-refractivity contribution in [1.82, 2.24) is 10.3 Å². The van der Waals surface area contributed by atoms with E-state index in [0.717, 1.165) is 11.1 Å². The summed E-state index contributed by atoms with van der Waals surface area (Å²) >= 11 is 0. The highest BCUT2D eigenvalue weighted by atomic mass is 16.6. The highest BCUT2D eigenvalue weighted by molar-refractivity contribution is 5.68. The van der Waals surface area contributed by atoms with Gasteiger partial charge < -0.3 is 15.8 Å². The van der Waals surface area contributed by atoms with Crippen molar-refractivity contribution < 1.29 is 9.53 Å². The Morgan fingerprint density at radius 2 is 2.22 bits per heavy atom. The summed E-state index contributed by atoms with van der Waals surface area (Å²) in [6.07, 6.45) is 2.96. The maximum atomic E-state index is 11.7. The van der Waals surface area contributed by atoms with Crippen LogP contribution in [0.5, 0.6) is 0 Å². The van der Waals surface area contributed by atoms with Crippen LogP contribution >= 0.6 is 0 Å². The zero-order valence-corrected chi connectivity index (χ0v) is 11.4. The van der Waals surface area contributed by atoms with Crippen LogP contribution in [0.3, 0.4) is 0 Å². The maximum Gasteiger partial charge on any atom is 0.408 e. The number of carbonyl (C=O) groups is 1. The molecule has 0 saturated heterocycles. The largest absolute Gasteiger partial charge is 0.444 e. The first-order valence-corrected chi connectivity index (χ1v) is 5.93. The minimum atomic E-state index is -0.517. The number of ether oxygens (including phenoxy) is 1. The molecule has 100 valence electrons. The molecule has 1 heterocycles. The Kier molecular flexibility index (Phi) is 4.67. The molecule has 0 aliphatic rings. The van der Waals surface area contributed by atoms with Crippen LogP contribution in [0.2, 0.25) is 0 Å². The van der Waals surface area contributed by atoms with Crippen molar-refractivity contribution in [3.05, 3.63) is 29.6 Å². The molecule has 0 aliphatic carbocycles. The molecule has 1 unspecified atom stereocenters. The third kappa shape index (κ3) is 4.33. The molecule has 1 atom stereocenters. The molecule has 0 aromatic carbocycles. The molecule has 0 bridgehead atoms. The lowest BCUT2D eigenvalue weighted by atomic mass is 10.0. The van der Waals surface area contributed by atoms with Gasteiger partial charge in [0, 0.05) is 18.9 Å². The van der Waals surface area contributed by atoms with Gasteiger partial charge in [-0.3, -0.25) is 4.98 Å². The fourth-order valence-corrected chi connectivity index (χ4v) is 1.59. The molecule has 0 spiro atoms. The number of alkyl carbamates (subject to hydrolysis) is 1. The Bertz CT molecular complexity index is 413. The second kappa shape index (κ2) is 5.82. The molecular weight excluding hydrogens is 230 g/mol. The fourth-order valence-electron chi connectivity index (χ4n) is 1.59. The van der Waals surface area contributed by atoms with E-state index in [1.54, 1.807) is 12.4 Å². The average molecular weight is 251 g/mol. The first-order valence-electron chi connectivity index (χ1n) is 5.93. The highest BCUT2D eigenvalue weighted by Gasteiger charge is 2.20. The summed E-state index contributed by atoms with van der Waals surface area (Å²) < 4.78 is 5.21. The van der Waals surface area contributed by atoms with E-state index >= 15 is 0 Å². The van der Waals surface area contributed by atoms with E-state index in [0.29, 0.717) is 6.54 Å². The third-order valence-electron chi connectivity index (χ3n) is 2.37. The van der Waals surface area contributed by atoms with Crippen LogP contribution in [0, 0.1) is 6.92 Å². The second-order valence-corrected chi connectivity index (χ2v) is 5.17. The molecule has 0 fully saturated rings. The number of nitrogens with two attached hydrogens (primary N) is 1. The van der Waals surface area contributed by atoms with E-state index in [1.165, 1.54) is 0 Å². The average Bonchev–Trinajstić information content (AvgIpc) is 2.24. The standard InChI is InChI=1S/C13H21N3O2/c1-9-8-15-6-5-10(9)11(7-14)16-12(17)18-13(2,3)4/h5-6,8,11H,7,14H2,1-4H3,(H,16,17). The summed E-state index contributed by atoms with van der Waals surface area (Å²) in [7, 11) is 0. The van der Waals surface area contributed by atoms with Crippen LogP contribution in [0.15, 0.2) is 18.5 Å². The van der Waals surface area contributed by atoms with Gasteiger partial charge >= 0.3 is 6.09 Å². The Labute approximate surface area is 108 Å². The van der Waals surface area contributed by atoms with Gasteiger partial charge in [-0.15, -0.1) is 0 Å². The van der Waals surface area contributed by atoms with Crippen molar-refractivity contribution >= 4 is 6.09 Å². The minimum Gasteiger partial charge on any atom is -0.444 e. The summed E-state index contributed by atoms with van der Waals surface area (Å²) in [5, 5.41) is 2.77. The van der Waals surface area contributed by atoms with Crippen LogP contribution in [0.4, 0.5) is 4.79 Å². The van der Waals surface area contributed by atoms with E-state index < -0.39 is 11.7 Å². The van der Waals surface area contributed by atoms with Crippen LogP contribution in [-0.2, 0) is 4.74 Å². The van der Waals surface area contributed by atoms with Crippen LogP contribution in [0.25, 0.3) is 0 Å². The van der Waals surface area contributed by atoms with Crippen molar-refractivity contribution in [2.45, 2.75) is 39.3 Å². The van der Waals surface area contributed by atoms with E-state index in [1.807, 2.05) is 33.8 Å². The van der Waals surface area contributed by atoms with Gasteiger partial charge in [0.1, 0.15) is 5.60 Å². The second-order valence-electron chi connectivity index (χ2n) is 5.17. The molecule has 5 nitrogen and oxygen atoms in total. The number of rotatable bonds is 3. The zero-order chi connectivity index (χ0) is 13.8. The Balaban J connectivity index is 2.74. The number of carbonyl (C=O) groups excluding carboxylic acids is 1. The molecular formula is C13H21N3O2. The van der Waals surface area contributed by atoms with Gasteiger partial charge in [0.25, 0.3) is 0 Å². The van der Waals surface area contributed by atoms with Crippen molar-refractivity contribution in [3.63, 3.8) is 0 Å². The summed E-state index contributed by atoms with van der Waals surface area (Å²) in [6.45, 7) is 7.71. The molecule has 0 radical (unpaired) electrons. The maximum absolute atomic E-state index is 11.7. The quantitative estimate of drug-likeness (QED) is 0.860. The fraction of sp³-hybridized carbons (Fsp3) is 0.538. The summed E-state index contributed by atoms with van der Waals surface area (Å²) in [5.74, 6) is 0. The smallest absolute Gasteiger partial charge is 0.408 e. The minimum absolute atomic E-state index is 0.261. The topological polar surface area (TPSA) is 77.2 Å². The molecule has 0 aliphatic heterocycles. The van der Waals surface area contributed by atoms with Crippen molar-refractivity contribution in [3.8, 4) is 0 Å². The van der Waals surface area contributed by atoms with Gasteiger partial charge in [0.2, 0.25) is 0 Å². The van der Waals surface area contributed by atoms with E-state index in [4.69, 9.17) is 10.5 Å². The number of amides is 1. The number of aromatic nitrogens is 1. The van der Waals surface area contributed by atoms with Gasteiger partial charge in [-0.05, 0) is 44.9 Å². The lowest BCUT2D eigenvalue weighted by Gasteiger charge is -2.23. The Morgan fingerprint density at radius 3 is 2.72 bits per heavy atom. The lowest BCUT2D eigenvalue weighted by Crippen LogP contribution is -2.38. The SMILES string of the molecule is Cc1cnccc1C(CN)NC(=O)OC(C)(C)C. The van der Waals surface area contributed by atoms with Crippen LogP contribution in [-0.4, -0.2) is 23.2 Å². The molecule has 1 aromatic heterocycles. The number of hydrogen-bond donors (Lipinski definition) is 2. The number of pyridine rings is 1. The van der Waals surface area contributed by atoms with Crippen LogP contribution in [0.1, 0.15) is 37.9 Å². The number of nitrogens with one attached hydrogen (secondary N) is 1. The van der Waals surface area contributed by atoms with Gasteiger partial charge in [-0.2, -0.15) is 0 Å². The number of aryl methyl sites for hydroxylation is 1. The first-order chi connectivity index (χ1) is 8.33. The van der Waals surface area contributed by atoms with Gasteiger partial charge in [-0.1, -0.05) is 0 Å². The summed E-state index contributed by atoms with van der Waals surface area (Å²) in [6, 6.07) is 1.59. The number of nitrogens with zero attached hydrogens (tertiary/aromatic N) is 1. The molecule has 0 saturated carbocycles. The van der Waals surface area contributed by atoms with E-state index in [9.17, 15) is 4.79 Å². The Hall–Kier alpha value is -1.62. The monoisotopic (exact) mass is 251 g/mol. The summed E-state index contributed by atoms with van der Waals surface area (Å²) in [4.78, 5) is 15.7. The van der Waals surface area contributed by atoms with Crippen molar-refractivity contribution in [2.75, 3.05) is 6.54 Å². The van der Waals surface area contributed by atoms with E-state index in [-0.39, 0.29) is 6.04 Å². The van der Waals surface area contributed by atoms with Crippen LogP contribution < -0.4 is 11.1 Å². The predicted molar refractivity (Wildman–Crippen MR) is 70.1 cm³/mol. The van der Waals surface area contributed by atoms with Gasteiger partial charge in [0.15, 0.2) is 0 Å². The lowest BCUT2D eigenvalue weighted by molar-refractivity contribution is 0.0505. The van der Waals surface area contributed by atoms with E-state index in [2.05, 4.69) is 10.3 Å². The molecule has 5 heteroatoms.